The molecule has 0 bridgehead atoms. The van der Waals surface area contributed by atoms with Gasteiger partial charge < -0.3 is 4.74 Å². The highest BCUT2D eigenvalue weighted by Gasteiger charge is 2.09. The maximum Gasteiger partial charge on any atom is 0.155 e. The molecule has 0 radical (unpaired) electrons. The zero-order chi connectivity index (χ0) is 14.3. The fraction of sp³-hybridized carbons (Fsp3) is 0.200. The van der Waals surface area contributed by atoms with Crippen molar-refractivity contribution in [2.45, 2.75) is 13.8 Å². The van der Waals surface area contributed by atoms with Gasteiger partial charge in [-0.25, -0.2) is 9.50 Å². The minimum Gasteiger partial charge on any atom is -0.496 e. The van der Waals surface area contributed by atoms with Crippen molar-refractivity contribution in [2.75, 3.05) is 7.11 Å². The Hall–Kier alpha value is -1.88. The molecule has 5 heteroatoms. The van der Waals surface area contributed by atoms with E-state index in [4.69, 9.17) is 4.74 Å². The Balaban J connectivity index is 2.14. The lowest BCUT2D eigenvalue weighted by molar-refractivity contribution is 0.412. The summed E-state index contributed by atoms with van der Waals surface area (Å²) in [5.74, 6) is 0.884. The Labute approximate surface area is 125 Å². The molecule has 0 N–H and O–H groups in total. The summed E-state index contributed by atoms with van der Waals surface area (Å²) < 4.78 is 7.98. The van der Waals surface area contributed by atoms with Crippen LogP contribution in [0.5, 0.6) is 5.75 Å². The van der Waals surface area contributed by atoms with E-state index in [1.54, 1.807) is 7.11 Å². The molecule has 0 spiro atoms. The van der Waals surface area contributed by atoms with E-state index in [9.17, 15) is 0 Å². The van der Waals surface area contributed by atoms with Gasteiger partial charge in [-0.3, -0.25) is 0 Å². The number of hydrogen-bond donors (Lipinski definition) is 0. The van der Waals surface area contributed by atoms with Crippen molar-refractivity contribution in [3.63, 3.8) is 0 Å². The molecule has 20 heavy (non-hydrogen) atoms. The summed E-state index contributed by atoms with van der Waals surface area (Å²) in [5, 5.41) is 4.63. The topological polar surface area (TPSA) is 39.4 Å². The van der Waals surface area contributed by atoms with Gasteiger partial charge in [-0.2, -0.15) is 5.10 Å². The van der Waals surface area contributed by atoms with E-state index in [-0.39, 0.29) is 0 Å². The van der Waals surface area contributed by atoms with Gasteiger partial charge in [0.1, 0.15) is 10.4 Å². The van der Waals surface area contributed by atoms with Crippen molar-refractivity contribution in [3.8, 4) is 17.0 Å². The van der Waals surface area contributed by atoms with Crippen molar-refractivity contribution in [1.29, 1.82) is 0 Å². The van der Waals surface area contributed by atoms with E-state index in [0.717, 1.165) is 38.5 Å². The van der Waals surface area contributed by atoms with Crippen molar-refractivity contribution in [3.05, 3.63) is 46.2 Å². The second kappa shape index (κ2) is 4.90. The number of methoxy groups -OCH3 is 1. The quantitative estimate of drug-likeness (QED) is 0.717. The SMILES string of the molecule is COc1ccc(-c2ccc3nc(C)c(Br)n3n2)cc1C. The molecule has 2 heterocycles. The van der Waals surface area contributed by atoms with E-state index in [1.165, 1.54) is 0 Å². The third kappa shape index (κ3) is 2.08. The number of hydrogen-bond acceptors (Lipinski definition) is 3. The Morgan fingerprint density at radius 1 is 1.15 bits per heavy atom. The first-order chi connectivity index (χ1) is 9.60. The Bertz CT molecular complexity index is 795. The van der Waals surface area contributed by atoms with Crippen LogP contribution in [-0.2, 0) is 0 Å². The third-order valence-electron chi connectivity index (χ3n) is 3.27. The summed E-state index contributed by atoms with van der Waals surface area (Å²) in [7, 11) is 1.68. The highest BCUT2D eigenvalue weighted by atomic mass is 79.9. The van der Waals surface area contributed by atoms with E-state index >= 15 is 0 Å². The van der Waals surface area contributed by atoms with Crippen LogP contribution in [0.1, 0.15) is 11.3 Å². The molecule has 0 amide bonds. The molecule has 0 saturated carbocycles. The first-order valence-electron chi connectivity index (χ1n) is 6.27. The summed E-state index contributed by atoms with van der Waals surface area (Å²) in [4.78, 5) is 4.43. The predicted molar refractivity (Wildman–Crippen MR) is 82.1 cm³/mol. The van der Waals surface area contributed by atoms with Crippen LogP contribution < -0.4 is 4.74 Å². The maximum atomic E-state index is 5.29. The Morgan fingerprint density at radius 3 is 2.65 bits per heavy atom. The number of fused-ring (bicyclic) bond motifs is 1. The monoisotopic (exact) mass is 331 g/mol. The minimum absolute atomic E-state index is 0.836. The summed E-state index contributed by atoms with van der Waals surface area (Å²) in [6, 6.07) is 10.0. The van der Waals surface area contributed by atoms with E-state index < -0.39 is 0 Å². The second-order valence-corrected chi connectivity index (χ2v) is 5.41. The van der Waals surface area contributed by atoms with E-state index in [0.29, 0.717) is 0 Å². The highest BCUT2D eigenvalue weighted by molar-refractivity contribution is 9.10. The largest absolute Gasteiger partial charge is 0.496 e. The van der Waals surface area contributed by atoms with Crippen molar-refractivity contribution < 1.29 is 4.74 Å². The van der Waals surface area contributed by atoms with Gasteiger partial charge in [0.15, 0.2) is 5.65 Å². The Morgan fingerprint density at radius 2 is 1.95 bits per heavy atom. The van der Waals surface area contributed by atoms with Crippen LogP contribution in [0.4, 0.5) is 0 Å². The molecule has 0 saturated heterocycles. The van der Waals surface area contributed by atoms with Gasteiger partial charge in [0, 0.05) is 5.56 Å². The number of aromatic nitrogens is 3. The van der Waals surface area contributed by atoms with Gasteiger partial charge in [-0.05, 0) is 65.7 Å². The first kappa shape index (κ1) is 13.1. The molecule has 1 aromatic carbocycles. The summed E-state index contributed by atoms with van der Waals surface area (Å²) >= 11 is 3.51. The minimum atomic E-state index is 0.836. The summed E-state index contributed by atoms with van der Waals surface area (Å²) in [6.45, 7) is 3.98. The third-order valence-corrected chi connectivity index (χ3v) is 4.18. The summed E-state index contributed by atoms with van der Waals surface area (Å²) in [6.07, 6.45) is 0. The second-order valence-electron chi connectivity index (χ2n) is 4.66. The molecule has 3 aromatic rings. The average Bonchev–Trinajstić information content (AvgIpc) is 2.74. The van der Waals surface area contributed by atoms with Crippen LogP contribution in [0, 0.1) is 13.8 Å². The van der Waals surface area contributed by atoms with Crippen LogP contribution in [0.25, 0.3) is 16.9 Å². The van der Waals surface area contributed by atoms with E-state index in [2.05, 4.69) is 32.1 Å². The lowest BCUT2D eigenvalue weighted by Crippen LogP contribution is -1.95. The number of imidazole rings is 1. The molecule has 3 rings (SSSR count). The molecule has 0 aliphatic heterocycles. The number of halogens is 1. The van der Waals surface area contributed by atoms with Crippen LogP contribution in [-0.4, -0.2) is 21.7 Å². The van der Waals surface area contributed by atoms with Crippen molar-refractivity contribution in [1.82, 2.24) is 14.6 Å². The highest BCUT2D eigenvalue weighted by Crippen LogP contribution is 2.26. The van der Waals surface area contributed by atoms with E-state index in [1.807, 2.05) is 42.6 Å². The molecule has 0 atom stereocenters. The van der Waals surface area contributed by atoms with Crippen LogP contribution in [0.15, 0.2) is 34.9 Å². The molecule has 4 nitrogen and oxygen atoms in total. The molecule has 0 aliphatic rings. The van der Waals surface area contributed by atoms with Crippen molar-refractivity contribution >= 4 is 21.6 Å². The fourth-order valence-corrected chi connectivity index (χ4v) is 2.56. The van der Waals surface area contributed by atoms with Gasteiger partial charge in [0.2, 0.25) is 0 Å². The van der Waals surface area contributed by atoms with Gasteiger partial charge in [0.05, 0.1) is 18.5 Å². The Kier molecular flexibility index (Phi) is 3.22. The summed E-state index contributed by atoms with van der Waals surface area (Å²) in [5.41, 5.74) is 4.82. The standard InChI is InChI=1S/C15H14BrN3O/c1-9-8-11(4-6-13(9)20-3)12-5-7-14-17-10(2)15(16)19(14)18-12/h4-8H,1-3H3. The first-order valence-corrected chi connectivity index (χ1v) is 7.06. The number of benzene rings is 1. The normalized spacial score (nSPS) is 11.0. The van der Waals surface area contributed by atoms with Gasteiger partial charge in [0.25, 0.3) is 0 Å². The molecule has 2 aromatic heterocycles. The number of aryl methyl sites for hydroxylation is 2. The lowest BCUT2D eigenvalue weighted by Gasteiger charge is -2.07. The number of nitrogens with zero attached hydrogens (tertiary/aromatic N) is 3. The molecule has 0 unspecified atom stereocenters. The molecule has 0 aliphatic carbocycles. The van der Waals surface area contributed by atoms with Gasteiger partial charge >= 0.3 is 0 Å². The van der Waals surface area contributed by atoms with Crippen LogP contribution in [0.3, 0.4) is 0 Å². The molecule has 0 fully saturated rings. The van der Waals surface area contributed by atoms with Crippen LogP contribution in [0.2, 0.25) is 0 Å². The fourth-order valence-electron chi connectivity index (χ4n) is 2.21. The zero-order valence-electron chi connectivity index (χ0n) is 11.5. The molecular weight excluding hydrogens is 318 g/mol. The predicted octanol–water partition coefficient (Wildman–Crippen LogP) is 3.78. The van der Waals surface area contributed by atoms with Crippen LogP contribution >= 0.6 is 15.9 Å². The van der Waals surface area contributed by atoms with Crippen molar-refractivity contribution in [2.24, 2.45) is 0 Å². The molecular formula is C15H14BrN3O. The lowest BCUT2D eigenvalue weighted by atomic mass is 10.1. The number of rotatable bonds is 2. The smallest absolute Gasteiger partial charge is 0.155 e. The average molecular weight is 332 g/mol. The number of ether oxygens (including phenoxy) is 1. The van der Waals surface area contributed by atoms with Gasteiger partial charge in [-0.15, -0.1) is 0 Å². The molecule has 102 valence electrons. The van der Waals surface area contributed by atoms with Gasteiger partial charge in [-0.1, -0.05) is 0 Å². The maximum absolute atomic E-state index is 5.29. The zero-order valence-corrected chi connectivity index (χ0v) is 13.1.